The molecule has 1 aliphatic carbocycles. The van der Waals surface area contributed by atoms with Crippen molar-refractivity contribution in [3.63, 3.8) is 0 Å². The van der Waals surface area contributed by atoms with Gasteiger partial charge in [-0.3, -0.25) is 0 Å². The third-order valence-corrected chi connectivity index (χ3v) is 3.48. The standard InChI is InChI=1S/C9H13ClN2S/c10-4-6-12(8-2-1-3-8)9-11-5-7-13-9/h5,7-8H,1-4,6H2. The Kier molecular flexibility index (Phi) is 3.06. The van der Waals surface area contributed by atoms with E-state index in [4.69, 9.17) is 11.6 Å². The smallest absolute Gasteiger partial charge is 0.185 e. The molecule has 1 aromatic rings. The molecule has 72 valence electrons. The second-order valence-corrected chi connectivity index (χ2v) is 4.53. The van der Waals surface area contributed by atoms with Crippen LogP contribution >= 0.6 is 22.9 Å². The zero-order valence-corrected chi connectivity index (χ0v) is 9.02. The van der Waals surface area contributed by atoms with Gasteiger partial charge < -0.3 is 4.90 Å². The lowest BCUT2D eigenvalue weighted by atomic mass is 9.92. The summed E-state index contributed by atoms with van der Waals surface area (Å²) in [5, 5.41) is 3.15. The van der Waals surface area contributed by atoms with Gasteiger partial charge in [-0.25, -0.2) is 4.98 Å². The molecule has 0 N–H and O–H groups in total. The summed E-state index contributed by atoms with van der Waals surface area (Å²) in [6, 6.07) is 0.699. The van der Waals surface area contributed by atoms with Gasteiger partial charge in [-0.15, -0.1) is 22.9 Å². The molecule has 2 rings (SSSR count). The van der Waals surface area contributed by atoms with Gasteiger partial charge in [0, 0.05) is 30.0 Å². The summed E-state index contributed by atoms with van der Waals surface area (Å²) in [4.78, 5) is 6.67. The van der Waals surface area contributed by atoms with Gasteiger partial charge in [-0.1, -0.05) is 0 Å². The fraction of sp³-hybridized carbons (Fsp3) is 0.667. The maximum atomic E-state index is 5.77. The summed E-state index contributed by atoms with van der Waals surface area (Å²) in [6.45, 7) is 0.930. The number of thiazole rings is 1. The van der Waals surface area contributed by atoms with E-state index in [9.17, 15) is 0 Å². The number of hydrogen-bond donors (Lipinski definition) is 0. The van der Waals surface area contributed by atoms with Gasteiger partial charge in [0.05, 0.1) is 0 Å². The zero-order chi connectivity index (χ0) is 9.10. The van der Waals surface area contributed by atoms with Gasteiger partial charge in [0.2, 0.25) is 0 Å². The molecule has 0 bridgehead atoms. The molecule has 0 aliphatic heterocycles. The molecular formula is C9H13ClN2S. The topological polar surface area (TPSA) is 16.1 Å². The Balaban J connectivity index is 2.04. The molecule has 2 nitrogen and oxygen atoms in total. The maximum absolute atomic E-state index is 5.77. The number of rotatable bonds is 4. The second-order valence-electron chi connectivity index (χ2n) is 3.28. The molecule has 0 amide bonds. The Morgan fingerprint density at radius 3 is 2.92 bits per heavy atom. The van der Waals surface area contributed by atoms with E-state index < -0.39 is 0 Å². The molecule has 0 radical (unpaired) electrons. The molecule has 0 spiro atoms. The van der Waals surface area contributed by atoms with E-state index in [2.05, 4.69) is 9.88 Å². The lowest BCUT2D eigenvalue weighted by Crippen LogP contribution is -2.41. The highest BCUT2D eigenvalue weighted by Gasteiger charge is 2.25. The third kappa shape index (κ3) is 1.97. The summed E-state index contributed by atoms with van der Waals surface area (Å²) < 4.78 is 0. The van der Waals surface area contributed by atoms with E-state index in [0.29, 0.717) is 11.9 Å². The Hall–Kier alpha value is -0.280. The number of aromatic nitrogens is 1. The molecule has 1 aliphatic rings. The van der Waals surface area contributed by atoms with Crippen molar-refractivity contribution >= 4 is 28.1 Å². The van der Waals surface area contributed by atoms with Crippen molar-refractivity contribution in [1.82, 2.24) is 4.98 Å². The van der Waals surface area contributed by atoms with Crippen molar-refractivity contribution in [3.05, 3.63) is 11.6 Å². The maximum Gasteiger partial charge on any atom is 0.185 e. The molecule has 0 atom stereocenters. The van der Waals surface area contributed by atoms with Crippen LogP contribution in [-0.2, 0) is 0 Å². The minimum atomic E-state index is 0.691. The monoisotopic (exact) mass is 216 g/mol. The highest BCUT2D eigenvalue weighted by atomic mass is 35.5. The van der Waals surface area contributed by atoms with Gasteiger partial charge >= 0.3 is 0 Å². The first kappa shape index (κ1) is 9.28. The minimum Gasteiger partial charge on any atom is -0.344 e. The van der Waals surface area contributed by atoms with Gasteiger partial charge in [-0.2, -0.15) is 0 Å². The molecular weight excluding hydrogens is 204 g/mol. The van der Waals surface area contributed by atoms with Crippen LogP contribution in [0.1, 0.15) is 19.3 Å². The van der Waals surface area contributed by atoms with Gasteiger partial charge in [0.25, 0.3) is 0 Å². The average Bonchev–Trinajstić information content (AvgIpc) is 2.51. The number of hydrogen-bond acceptors (Lipinski definition) is 3. The Labute approximate surface area is 87.5 Å². The molecule has 1 aromatic heterocycles. The molecule has 0 saturated heterocycles. The normalized spacial score (nSPS) is 17.0. The predicted octanol–water partition coefficient (Wildman–Crippen LogP) is 2.74. The van der Waals surface area contributed by atoms with Crippen molar-refractivity contribution in [2.24, 2.45) is 0 Å². The first-order valence-corrected chi connectivity index (χ1v) is 6.05. The quantitative estimate of drug-likeness (QED) is 0.720. The molecule has 13 heavy (non-hydrogen) atoms. The van der Waals surface area contributed by atoms with Crippen molar-refractivity contribution in [2.75, 3.05) is 17.3 Å². The lowest BCUT2D eigenvalue weighted by Gasteiger charge is -2.37. The summed E-state index contributed by atoms with van der Waals surface area (Å²) in [7, 11) is 0. The lowest BCUT2D eigenvalue weighted by molar-refractivity contribution is 0.390. The van der Waals surface area contributed by atoms with E-state index in [1.807, 2.05) is 11.6 Å². The van der Waals surface area contributed by atoms with E-state index >= 15 is 0 Å². The summed E-state index contributed by atoms with van der Waals surface area (Å²) in [5.41, 5.74) is 0. The molecule has 4 heteroatoms. The molecule has 0 unspecified atom stereocenters. The molecule has 0 aromatic carbocycles. The van der Waals surface area contributed by atoms with Crippen molar-refractivity contribution in [2.45, 2.75) is 25.3 Å². The van der Waals surface area contributed by atoms with E-state index in [1.165, 1.54) is 19.3 Å². The number of halogens is 1. The van der Waals surface area contributed by atoms with Crippen LogP contribution in [0.25, 0.3) is 0 Å². The van der Waals surface area contributed by atoms with Crippen LogP contribution in [0.3, 0.4) is 0 Å². The van der Waals surface area contributed by atoms with Crippen LogP contribution < -0.4 is 4.90 Å². The van der Waals surface area contributed by atoms with Crippen molar-refractivity contribution in [3.8, 4) is 0 Å². The summed E-state index contributed by atoms with van der Waals surface area (Å²) >= 11 is 7.48. The molecule has 1 saturated carbocycles. The fourth-order valence-electron chi connectivity index (χ4n) is 1.58. The number of anilines is 1. The van der Waals surface area contributed by atoms with Crippen molar-refractivity contribution < 1.29 is 0 Å². The Bertz CT molecular complexity index is 246. The summed E-state index contributed by atoms with van der Waals surface area (Å²) in [6.07, 6.45) is 5.82. The SMILES string of the molecule is ClCCN(c1nccs1)C1CCC1. The van der Waals surface area contributed by atoms with Crippen LogP contribution in [0.5, 0.6) is 0 Å². The van der Waals surface area contributed by atoms with Crippen LogP contribution in [-0.4, -0.2) is 23.5 Å². The summed E-state index contributed by atoms with van der Waals surface area (Å²) in [5.74, 6) is 0.691. The number of alkyl halides is 1. The predicted molar refractivity (Wildman–Crippen MR) is 57.8 cm³/mol. The number of nitrogens with zero attached hydrogens (tertiary/aromatic N) is 2. The van der Waals surface area contributed by atoms with Crippen LogP contribution in [0, 0.1) is 0 Å². The fourth-order valence-corrected chi connectivity index (χ4v) is 2.50. The Morgan fingerprint density at radius 1 is 1.62 bits per heavy atom. The van der Waals surface area contributed by atoms with E-state index in [0.717, 1.165) is 11.7 Å². The molecule has 1 heterocycles. The van der Waals surface area contributed by atoms with Crippen LogP contribution in [0.4, 0.5) is 5.13 Å². The van der Waals surface area contributed by atoms with Gasteiger partial charge in [0.15, 0.2) is 5.13 Å². The first-order chi connectivity index (χ1) is 6.42. The highest BCUT2D eigenvalue weighted by molar-refractivity contribution is 7.13. The van der Waals surface area contributed by atoms with Gasteiger partial charge in [0.1, 0.15) is 0 Å². The second kappa shape index (κ2) is 4.29. The van der Waals surface area contributed by atoms with Crippen LogP contribution in [0.15, 0.2) is 11.6 Å². The van der Waals surface area contributed by atoms with Crippen molar-refractivity contribution in [1.29, 1.82) is 0 Å². The average molecular weight is 217 g/mol. The van der Waals surface area contributed by atoms with E-state index in [1.54, 1.807) is 11.3 Å². The first-order valence-electron chi connectivity index (χ1n) is 4.64. The largest absolute Gasteiger partial charge is 0.344 e. The third-order valence-electron chi connectivity index (χ3n) is 2.51. The minimum absolute atomic E-state index is 0.691. The molecule has 1 fully saturated rings. The van der Waals surface area contributed by atoms with Crippen LogP contribution in [0.2, 0.25) is 0 Å². The Morgan fingerprint density at radius 2 is 2.46 bits per heavy atom. The van der Waals surface area contributed by atoms with E-state index in [-0.39, 0.29) is 0 Å². The van der Waals surface area contributed by atoms with Gasteiger partial charge in [-0.05, 0) is 19.3 Å². The highest BCUT2D eigenvalue weighted by Crippen LogP contribution is 2.30. The zero-order valence-electron chi connectivity index (χ0n) is 7.45.